The van der Waals surface area contributed by atoms with Crippen molar-refractivity contribution in [3.8, 4) is 11.4 Å². The van der Waals surface area contributed by atoms with Gasteiger partial charge < -0.3 is 9.47 Å². The standard InChI is InChI=1S/C26H28FN3O/c1-25(2)13-5-16-29(18-25)23(31)12-14-26(19-8-10-20(27)11-9-19)22-7-4-3-6-21(22)24-28-15-17-30(24)26/h3-4,6-11,15,17H,5,12-14,16,18H2,1-2H3. The van der Waals surface area contributed by atoms with Gasteiger partial charge in [0.05, 0.1) is 5.54 Å². The van der Waals surface area contributed by atoms with E-state index in [4.69, 9.17) is 0 Å². The molecule has 1 fully saturated rings. The number of halogens is 1. The molecule has 0 saturated carbocycles. The predicted molar refractivity (Wildman–Crippen MR) is 119 cm³/mol. The van der Waals surface area contributed by atoms with Gasteiger partial charge in [0.15, 0.2) is 0 Å². The molecule has 5 heteroatoms. The topological polar surface area (TPSA) is 38.1 Å². The monoisotopic (exact) mass is 417 g/mol. The first-order valence-electron chi connectivity index (χ1n) is 11.1. The molecule has 1 saturated heterocycles. The van der Waals surface area contributed by atoms with Gasteiger partial charge in [-0.1, -0.05) is 50.2 Å². The lowest BCUT2D eigenvalue weighted by atomic mass is 9.78. The molecule has 2 aliphatic rings. The molecule has 3 heterocycles. The van der Waals surface area contributed by atoms with E-state index >= 15 is 0 Å². The summed E-state index contributed by atoms with van der Waals surface area (Å²) >= 11 is 0. The molecule has 3 aromatic rings. The first kappa shape index (κ1) is 20.0. The van der Waals surface area contributed by atoms with Crippen LogP contribution in [0.3, 0.4) is 0 Å². The van der Waals surface area contributed by atoms with Gasteiger partial charge in [0.1, 0.15) is 11.6 Å². The molecule has 0 bridgehead atoms. The minimum absolute atomic E-state index is 0.167. The van der Waals surface area contributed by atoms with Crippen molar-refractivity contribution in [2.45, 2.75) is 45.1 Å². The Hall–Kier alpha value is -2.95. The number of fused-ring (bicyclic) bond motifs is 3. The fourth-order valence-electron chi connectivity index (χ4n) is 5.48. The average Bonchev–Trinajstić information content (AvgIpc) is 3.33. The molecule has 0 radical (unpaired) electrons. The molecular formula is C26H28FN3O. The summed E-state index contributed by atoms with van der Waals surface area (Å²) in [5.41, 5.74) is 2.77. The smallest absolute Gasteiger partial charge is 0.222 e. The normalized spacial score (nSPS) is 21.6. The van der Waals surface area contributed by atoms with Gasteiger partial charge in [-0.2, -0.15) is 0 Å². The Morgan fingerprint density at radius 3 is 2.68 bits per heavy atom. The van der Waals surface area contributed by atoms with Crippen molar-refractivity contribution in [1.82, 2.24) is 14.5 Å². The first-order chi connectivity index (χ1) is 14.9. The number of hydrogen-bond acceptors (Lipinski definition) is 2. The Labute approximate surface area is 182 Å². The zero-order valence-corrected chi connectivity index (χ0v) is 18.1. The summed E-state index contributed by atoms with van der Waals surface area (Å²) in [6.07, 6.45) is 7.03. The average molecular weight is 418 g/mol. The van der Waals surface area contributed by atoms with E-state index in [2.05, 4.69) is 35.5 Å². The number of imidazole rings is 1. The molecular weight excluding hydrogens is 389 g/mol. The van der Waals surface area contributed by atoms with Gasteiger partial charge >= 0.3 is 0 Å². The summed E-state index contributed by atoms with van der Waals surface area (Å²) in [6.45, 7) is 6.11. The SMILES string of the molecule is CC1(C)CCCN(C(=O)CCC2(c3ccc(F)cc3)c3ccccc3-c3nccn32)C1. The van der Waals surface area contributed by atoms with Crippen molar-refractivity contribution < 1.29 is 9.18 Å². The molecule has 1 aromatic heterocycles. The Kier molecular flexibility index (Phi) is 4.72. The lowest BCUT2D eigenvalue weighted by molar-refractivity contribution is -0.134. The first-order valence-corrected chi connectivity index (χ1v) is 11.1. The van der Waals surface area contributed by atoms with Crippen molar-refractivity contribution in [3.05, 3.63) is 77.9 Å². The van der Waals surface area contributed by atoms with Crippen LogP contribution in [0.25, 0.3) is 11.4 Å². The second-order valence-corrected chi connectivity index (χ2v) is 9.62. The number of benzene rings is 2. The van der Waals surface area contributed by atoms with E-state index < -0.39 is 5.54 Å². The van der Waals surface area contributed by atoms with E-state index in [0.717, 1.165) is 48.4 Å². The molecule has 4 nitrogen and oxygen atoms in total. The van der Waals surface area contributed by atoms with Gasteiger partial charge in [-0.05, 0) is 47.9 Å². The molecule has 5 rings (SSSR count). The van der Waals surface area contributed by atoms with Crippen LogP contribution in [0.2, 0.25) is 0 Å². The summed E-state index contributed by atoms with van der Waals surface area (Å²) in [6, 6.07) is 14.9. The van der Waals surface area contributed by atoms with Crippen molar-refractivity contribution >= 4 is 5.91 Å². The number of carbonyl (C=O) groups is 1. The molecule has 1 unspecified atom stereocenters. The molecule has 2 aliphatic heterocycles. The quantitative estimate of drug-likeness (QED) is 0.583. The number of carbonyl (C=O) groups excluding carboxylic acids is 1. The zero-order valence-electron chi connectivity index (χ0n) is 18.1. The molecule has 1 atom stereocenters. The summed E-state index contributed by atoms with van der Waals surface area (Å²) in [5, 5.41) is 0. The summed E-state index contributed by atoms with van der Waals surface area (Å²) in [7, 11) is 0. The number of aromatic nitrogens is 2. The van der Waals surface area contributed by atoms with Crippen LogP contribution >= 0.6 is 0 Å². The van der Waals surface area contributed by atoms with Crippen LogP contribution in [0.5, 0.6) is 0 Å². The number of piperidine rings is 1. The van der Waals surface area contributed by atoms with Crippen LogP contribution in [0.4, 0.5) is 4.39 Å². The van der Waals surface area contributed by atoms with E-state index in [-0.39, 0.29) is 17.1 Å². The maximum Gasteiger partial charge on any atom is 0.222 e. The number of nitrogens with zero attached hydrogens (tertiary/aromatic N) is 3. The van der Waals surface area contributed by atoms with E-state index in [1.807, 2.05) is 35.4 Å². The molecule has 0 spiro atoms. The van der Waals surface area contributed by atoms with Gasteiger partial charge in [0, 0.05) is 37.5 Å². The third kappa shape index (κ3) is 3.27. The van der Waals surface area contributed by atoms with Gasteiger partial charge in [0.2, 0.25) is 5.91 Å². The predicted octanol–water partition coefficient (Wildman–Crippen LogP) is 5.22. The number of rotatable bonds is 4. The number of hydrogen-bond donors (Lipinski definition) is 0. The lowest BCUT2D eigenvalue weighted by Gasteiger charge is -2.39. The van der Waals surface area contributed by atoms with E-state index in [1.165, 1.54) is 12.1 Å². The van der Waals surface area contributed by atoms with Crippen molar-refractivity contribution in [2.24, 2.45) is 5.41 Å². The second-order valence-electron chi connectivity index (χ2n) is 9.62. The lowest BCUT2D eigenvalue weighted by Crippen LogP contribution is -2.44. The molecule has 160 valence electrons. The second kappa shape index (κ2) is 7.33. The molecule has 0 N–H and O–H groups in total. The minimum atomic E-state index is -0.572. The number of amides is 1. The Morgan fingerprint density at radius 1 is 1.13 bits per heavy atom. The van der Waals surface area contributed by atoms with Crippen LogP contribution in [-0.2, 0) is 10.3 Å². The van der Waals surface area contributed by atoms with Gasteiger partial charge in [-0.15, -0.1) is 0 Å². The van der Waals surface area contributed by atoms with Gasteiger partial charge in [0.25, 0.3) is 0 Å². The highest BCUT2D eigenvalue weighted by Gasteiger charge is 2.45. The third-order valence-electron chi connectivity index (χ3n) is 6.94. The largest absolute Gasteiger partial charge is 0.342 e. The van der Waals surface area contributed by atoms with E-state index in [1.54, 1.807) is 6.20 Å². The Morgan fingerprint density at radius 2 is 1.90 bits per heavy atom. The van der Waals surface area contributed by atoms with Crippen molar-refractivity contribution in [1.29, 1.82) is 0 Å². The van der Waals surface area contributed by atoms with Gasteiger partial charge in [-0.25, -0.2) is 9.37 Å². The molecule has 1 amide bonds. The third-order valence-corrected chi connectivity index (χ3v) is 6.94. The van der Waals surface area contributed by atoms with Gasteiger partial charge in [-0.3, -0.25) is 4.79 Å². The van der Waals surface area contributed by atoms with Crippen molar-refractivity contribution in [2.75, 3.05) is 13.1 Å². The summed E-state index contributed by atoms with van der Waals surface area (Å²) < 4.78 is 15.9. The molecule has 2 aromatic carbocycles. The Balaban J connectivity index is 1.54. The van der Waals surface area contributed by atoms with Crippen LogP contribution in [0.15, 0.2) is 60.9 Å². The molecule has 31 heavy (non-hydrogen) atoms. The van der Waals surface area contributed by atoms with Crippen LogP contribution in [0, 0.1) is 11.2 Å². The van der Waals surface area contributed by atoms with E-state index in [0.29, 0.717) is 12.8 Å². The maximum atomic E-state index is 13.8. The van der Waals surface area contributed by atoms with Crippen molar-refractivity contribution in [3.63, 3.8) is 0 Å². The van der Waals surface area contributed by atoms with Crippen LogP contribution in [-0.4, -0.2) is 33.4 Å². The highest BCUT2D eigenvalue weighted by molar-refractivity contribution is 5.77. The minimum Gasteiger partial charge on any atom is -0.342 e. The zero-order chi connectivity index (χ0) is 21.6. The van der Waals surface area contributed by atoms with Crippen LogP contribution in [0.1, 0.15) is 50.7 Å². The number of likely N-dealkylation sites (tertiary alicyclic amines) is 1. The highest BCUT2D eigenvalue weighted by Crippen LogP contribution is 2.49. The Bertz CT molecular complexity index is 1120. The fourth-order valence-corrected chi connectivity index (χ4v) is 5.48. The van der Waals surface area contributed by atoms with E-state index in [9.17, 15) is 9.18 Å². The maximum absolute atomic E-state index is 13.8. The molecule has 0 aliphatic carbocycles. The fraction of sp³-hybridized carbons (Fsp3) is 0.385. The van der Waals surface area contributed by atoms with Crippen LogP contribution < -0.4 is 0 Å². The summed E-state index contributed by atoms with van der Waals surface area (Å²) in [5.74, 6) is 0.828. The summed E-state index contributed by atoms with van der Waals surface area (Å²) in [4.78, 5) is 19.9. The highest BCUT2D eigenvalue weighted by atomic mass is 19.1.